The minimum absolute atomic E-state index is 0.0513. The Morgan fingerprint density at radius 1 is 0.850 bits per heavy atom. The molecule has 1 fully saturated rings. The number of ether oxygens (including phenoxy) is 5. The number of carbonyl (C=O) groups excluding carboxylic acids is 4. The zero-order valence-corrected chi connectivity index (χ0v) is 24.8. The van der Waals surface area contributed by atoms with Crippen molar-refractivity contribution in [2.45, 2.75) is 97.0 Å². The van der Waals surface area contributed by atoms with Crippen LogP contribution >= 0.6 is 0 Å². The Hall–Kier alpha value is -3.49. The topological polar surface area (TPSA) is 173 Å². The average Bonchev–Trinajstić information content (AvgIpc) is 2.80. The molecule has 1 aromatic carbocycles. The summed E-state index contributed by atoms with van der Waals surface area (Å²) in [5.41, 5.74) is 1.23. The number of rotatable bonds is 9. The lowest BCUT2D eigenvalue weighted by molar-refractivity contribution is -0.287. The van der Waals surface area contributed by atoms with Crippen LogP contribution in [-0.4, -0.2) is 74.1 Å². The summed E-state index contributed by atoms with van der Waals surface area (Å²) in [4.78, 5) is 59.8. The molecular weight excluding hydrogens is 546 g/mol. The summed E-state index contributed by atoms with van der Waals surface area (Å²) < 4.78 is 32.2. The number of hydrogen-bond acceptors (Lipinski definition) is 11. The molecule has 2 rings (SSSR count). The van der Waals surface area contributed by atoms with Gasteiger partial charge in [0.05, 0.1) is 6.61 Å². The fourth-order valence-corrected chi connectivity index (χ4v) is 4.45. The molecule has 1 saturated heterocycles. The first-order valence-corrected chi connectivity index (χ1v) is 15.4. The quantitative estimate of drug-likeness (QED) is 0.247. The number of carboxylic acids is 1. The Kier molecular flexibility index (Phi) is 10.8. The predicted molar refractivity (Wildman–Crippen MR) is 141 cm³/mol. The normalized spacial score (nSPS) is 22.9. The van der Waals surface area contributed by atoms with Gasteiger partial charge in [0, 0.05) is 26.5 Å². The maximum atomic E-state index is 12.7. The van der Waals surface area contributed by atoms with E-state index in [1.807, 2.05) is 0 Å². The molecule has 1 aromatic rings. The highest BCUT2D eigenvalue weighted by Gasteiger charge is 2.56. The van der Waals surface area contributed by atoms with Gasteiger partial charge in [0.2, 0.25) is 12.4 Å². The van der Waals surface area contributed by atoms with Crippen molar-refractivity contribution in [3.05, 3.63) is 29.8 Å². The second kappa shape index (κ2) is 13.2. The van der Waals surface area contributed by atoms with Gasteiger partial charge >= 0.3 is 30.0 Å². The number of hydrogen-bond donors (Lipinski definition) is 2. The molecule has 1 aliphatic heterocycles. The van der Waals surface area contributed by atoms with Crippen LogP contribution in [0.5, 0.6) is 0 Å². The van der Waals surface area contributed by atoms with Crippen molar-refractivity contribution in [3.63, 3.8) is 0 Å². The van der Waals surface area contributed by atoms with E-state index in [4.69, 9.17) is 28.1 Å². The number of carbonyl (C=O) groups is 5. The number of carboxylic acid groups (broad SMARTS) is 1. The molecule has 222 valence electrons. The number of anilines is 1. The minimum Gasteiger partial charge on any atom is -0.479 e. The fourth-order valence-electron chi connectivity index (χ4n) is 3.48. The van der Waals surface area contributed by atoms with E-state index >= 15 is 0 Å². The van der Waals surface area contributed by atoms with Crippen molar-refractivity contribution < 1.29 is 57.2 Å². The zero-order valence-electron chi connectivity index (χ0n) is 23.8. The lowest BCUT2D eigenvalue weighted by Gasteiger charge is -2.42. The molecule has 1 heterocycles. The molecule has 13 nitrogen and oxygen atoms in total. The number of nitrogens with one attached hydrogen (secondary N) is 1. The van der Waals surface area contributed by atoms with Crippen LogP contribution in [0.25, 0.3) is 0 Å². The van der Waals surface area contributed by atoms with Gasteiger partial charge in [0.1, 0.15) is 0 Å². The van der Waals surface area contributed by atoms with Crippen LogP contribution in [-0.2, 0) is 53.9 Å². The van der Waals surface area contributed by atoms with E-state index in [0.717, 1.165) is 26.3 Å². The van der Waals surface area contributed by atoms with E-state index < -0.39 is 69.0 Å². The summed E-state index contributed by atoms with van der Waals surface area (Å²) in [6.07, 6.45) is -9.84. The summed E-state index contributed by atoms with van der Waals surface area (Å²) in [5.74, 6) is -4.29. The van der Waals surface area contributed by atoms with Gasteiger partial charge in [-0.15, -0.1) is 0 Å². The Balaban J connectivity index is 2.20. The molecule has 2 N–H and O–H groups in total. The molecule has 14 heteroatoms. The predicted octanol–water partition coefficient (Wildman–Crippen LogP) is 3.36. The van der Waals surface area contributed by atoms with Crippen molar-refractivity contribution in [1.29, 1.82) is 0 Å². The van der Waals surface area contributed by atoms with E-state index in [1.54, 1.807) is 24.3 Å². The number of aliphatic carboxylic acids is 1. The van der Waals surface area contributed by atoms with Gasteiger partial charge in [-0.2, -0.15) is 0 Å². The highest BCUT2D eigenvalue weighted by atomic mass is 28.4. The molecule has 0 spiro atoms. The average molecular weight is 584 g/mol. The Morgan fingerprint density at radius 2 is 1.35 bits per heavy atom. The van der Waals surface area contributed by atoms with Gasteiger partial charge < -0.3 is 33.2 Å². The van der Waals surface area contributed by atoms with Crippen molar-refractivity contribution in [2.75, 3.05) is 5.32 Å². The number of esters is 3. The van der Waals surface area contributed by atoms with Gasteiger partial charge in [0.25, 0.3) is 0 Å². The van der Waals surface area contributed by atoms with Gasteiger partial charge in [-0.3, -0.25) is 19.7 Å². The van der Waals surface area contributed by atoms with Crippen molar-refractivity contribution in [3.8, 4) is 0 Å². The lowest BCUT2D eigenvalue weighted by atomic mass is 9.98. The van der Waals surface area contributed by atoms with E-state index in [-0.39, 0.29) is 5.04 Å². The van der Waals surface area contributed by atoms with Crippen LogP contribution in [0, 0.1) is 0 Å². The first kappa shape index (κ1) is 32.7. The summed E-state index contributed by atoms with van der Waals surface area (Å²) in [6, 6.07) is 6.77. The van der Waals surface area contributed by atoms with Crippen LogP contribution in [0.1, 0.15) is 47.1 Å². The van der Waals surface area contributed by atoms with Crippen LogP contribution in [0.3, 0.4) is 0 Å². The summed E-state index contributed by atoms with van der Waals surface area (Å²) in [5, 5.41) is 12.2. The standard InChI is InChI=1S/C26H37NO12Si/c1-14(28)35-19-20(36-15(2)29)22(37-16(3)30)24(38-21(19)23(31)32)39-25(33)27-18-11-9-17(10-12-18)13-34-40(7,8)26(4,5)6/h9-12,19-22,24H,13H2,1-8H3,(H,27,33)(H,31,32). The zero-order chi connectivity index (χ0) is 30.4. The highest BCUT2D eigenvalue weighted by Crippen LogP contribution is 2.37. The summed E-state index contributed by atoms with van der Waals surface area (Å²) in [6.45, 7) is 14.2. The van der Waals surface area contributed by atoms with E-state index in [2.05, 4.69) is 39.2 Å². The van der Waals surface area contributed by atoms with Gasteiger partial charge in [-0.25, -0.2) is 9.59 Å². The SMILES string of the molecule is CC(=O)OC1C(OC(=O)Nc2ccc(CO[Si](C)(C)C(C)(C)C)cc2)OC(C(=O)O)C(OC(C)=O)C1OC(C)=O. The first-order valence-electron chi connectivity index (χ1n) is 12.5. The molecule has 0 bridgehead atoms. The van der Waals surface area contributed by atoms with Gasteiger partial charge in [-0.1, -0.05) is 32.9 Å². The Bertz CT molecular complexity index is 1100. The second-order valence-electron chi connectivity index (χ2n) is 10.8. The van der Waals surface area contributed by atoms with E-state index in [1.165, 1.54) is 0 Å². The Morgan fingerprint density at radius 3 is 1.82 bits per heavy atom. The molecular formula is C26H37NO12Si. The third kappa shape index (κ3) is 9.03. The molecule has 1 amide bonds. The largest absolute Gasteiger partial charge is 0.479 e. The van der Waals surface area contributed by atoms with Crippen molar-refractivity contribution in [2.24, 2.45) is 0 Å². The molecule has 1 aliphatic rings. The van der Waals surface area contributed by atoms with Crippen molar-refractivity contribution >= 4 is 44.0 Å². The molecule has 0 aliphatic carbocycles. The monoisotopic (exact) mass is 583 g/mol. The van der Waals surface area contributed by atoms with Crippen LogP contribution in [0.4, 0.5) is 10.5 Å². The van der Waals surface area contributed by atoms with Gasteiger partial charge in [-0.05, 0) is 35.8 Å². The summed E-state index contributed by atoms with van der Waals surface area (Å²) >= 11 is 0. The maximum Gasteiger partial charge on any atom is 0.414 e. The summed E-state index contributed by atoms with van der Waals surface area (Å²) in [7, 11) is -1.96. The van der Waals surface area contributed by atoms with Gasteiger partial charge in [0.15, 0.2) is 26.6 Å². The van der Waals surface area contributed by atoms with Crippen LogP contribution in [0.2, 0.25) is 18.1 Å². The van der Waals surface area contributed by atoms with Crippen molar-refractivity contribution in [1.82, 2.24) is 0 Å². The molecule has 0 saturated carbocycles. The first-order chi connectivity index (χ1) is 18.4. The second-order valence-corrected chi connectivity index (χ2v) is 15.6. The molecule has 5 atom stereocenters. The number of benzene rings is 1. The maximum absolute atomic E-state index is 12.7. The fraction of sp³-hybridized carbons (Fsp3) is 0.577. The third-order valence-corrected chi connectivity index (χ3v) is 11.0. The molecule has 40 heavy (non-hydrogen) atoms. The lowest BCUT2D eigenvalue weighted by Crippen LogP contribution is -2.64. The van der Waals surface area contributed by atoms with E-state index in [9.17, 15) is 29.1 Å². The minimum atomic E-state index is -1.96. The number of amides is 1. The molecule has 0 aromatic heterocycles. The smallest absolute Gasteiger partial charge is 0.414 e. The molecule has 5 unspecified atom stereocenters. The van der Waals surface area contributed by atoms with Crippen LogP contribution in [0.15, 0.2) is 24.3 Å². The highest BCUT2D eigenvalue weighted by molar-refractivity contribution is 6.74. The van der Waals surface area contributed by atoms with E-state index in [0.29, 0.717) is 12.3 Å². The Labute approximate surface area is 233 Å². The third-order valence-electron chi connectivity index (χ3n) is 6.47. The molecule has 0 radical (unpaired) electrons. The van der Waals surface area contributed by atoms with Crippen LogP contribution < -0.4 is 5.32 Å².